The van der Waals surface area contributed by atoms with E-state index in [0.717, 1.165) is 24.3 Å². The largest absolute Gasteiger partial charge is 0.493 e. The molecular formula is C18H17FN2O7. The molecule has 0 aliphatic rings. The predicted molar refractivity (Wildman–Crippen MR) is 96.1 cm³/mol. The molecular weight excluding hydrogens is 375 g/mol. The summed E-state index contributed by atoms with van der Waals surface area (Å²) in [7, 11) is 2.60. The Morgan fingerprint density at radius 2 is 1.68 bits per heavy atom. The molecule has 2 rings (SSSR count). The molecule has 0 bridgehead atoms. The van der Waals surface area contributed by atoms with Gasteiger partial charge in [0.25, 0.3) is 11.6 Å². The lowest BCUT2D eigenvalue weighted by atomic mass is 10.1. The van der Waals surface area contributed by atoms with Crippen molar-refractivity contribution in [1.29, 1.82) is 0 Å². The van der Waals surface area contributed by atoms with Gasteiger partial charge in [-0.15, -0.1) is 0 Å². The van der Waals surface area contributed by atoms with Crippen molar-refractivity contribution in [2.45, 2.75) is 13.0 Å². The van der Waals surface area contributed by atoms with E-state index in [1.165, 1.54) is 33.3 Å². The minimum absolute atomic E-state index is 0.0628. The molecule has 1 atom stereocenters. The number of nitrogens with one attached hydrogen (secondary N) is 1. The van der Waals surface area contributed by atoms with Crippen LogP contribution < -0.4 is 14.8 Å². The van der Waals surface area contributed by atoms with Crippen molar-refractivity contribution in [3.05, 3.63) is 57.9 Å². The molecule has 0 spiro atoms. The summed E-state index contributed by atoms with van der Waals surface area (Å²) in [5.74, 6) is -2.10. The van der Waals surface area contributed by atoms with Crippen LogP contribution in [0.5, 0.6) is 11.5 Å². The molecule has 28 heavy (non-hydrogen) atoms. The van der Waals surface area contributed by atoms with Crippen LogP contribution in [-0.2, 0) is 9.53 Å². The molecule has 0 fully saturated rings. The number of hydrogen-bond acceptors (Lipinski definition) is 7. The van der Waals surface area contributed by atoms with Crippen LogP contribution in [0.25, 0.3) is 0 Å². The number of amides is 1. The first-order valence-electron chi connectivity index (χ1n) is 7.94. The molecule has 1 amide bonds. The lowest BCUT2D eigenvalue weighted by molar-refractivity contribution is -0.385. The highest BCUT2D eigenvalue weighted by atomic mass is 19.1. The standard InChI is InChI=1S/C18H17FN2O7/c1-10(17(22)20-12-6-4-11(19)5-7-12)28-18(23)13-8-15(26-2)16(27-3)9-14(13)21(24)25/h4-10H,1-3H3,(H,20,22)/t10-/m0/s1. The van der Waals surface area contributed by atoms with Crippen LogP contribution in [0.3, 0.4) is 0 Å². The molecule has 0 unspecified atom stereocenters. The van der Waals surface area contributed by atoms with E-state index in [-0.39, 0.29) is 11.5 Å². The maximum absolute atomic E-state index is 12.9. The van der Waals surface area contributed by atoms with Gasteiger partial charge in [-0.2, -0.15) is 0 Å². The van der Waals surface area contributed by atoms with Crippen LogP contribution in [0.4, 0.5) is 15.8 Å². The van der Waals surface area contributed by atoms with Crippen molar-refractivity contribution >= 4 is 23.3 Å². The van der Waals surface area contributed by atoms with Gasteiger partial charge >= 0.3 is 5.97 Å². The van der Waals surface area contributed by atoms with E-state index >= 15 is 0 Å². The molecule has 10 heteroatoms. The second-order valence-electron chi connectivity index (χ2n) is 5.53. The SMILES string of the molecule is COc1cc(C(=O)O[C@@H](C)C(=O)Nc2ccc(F)cc2)c([N+](=O)[O-])cc1OC. The molecule has 2 aromatic carbocycles. The minimum atomic E-state index is -1.27. The monoisotopic (exact) mass is 392 g/mol. The summed E-state index contributed by atoms with van der Waals surface area (Å²) in [5.41, 5.74) is -0.663. The number of benzene rings is 2. The molecule has 0 saturated heterocycles. The van der Waals surface area contributed by atoms with Crippen LogP contribution in [0.2, 0.25) is 0 Å². The molecule has 9 nitrogen and oxygen atoms in total. The first-order valence-corrected chi connectivity index (χ1v) is 7.94. The molecule has 0 radical (unpaired) electrons. The average molecular weight is 392 g/mol. The zero-order valence-corrected chi connectivity index (χ0v) is 15.2. The van der Waals surface area contributed by atoms with Crippen molar-refractivity contribution < 1.29 is 33.1 Å². The highest BCUT2D eigenvalue weighted by molar-refractivity contribution is 5.99. The number of hydrogen-bond donors (Lipinski definition) is 1. The van der Waals surface area contributed by atoms with E-state index < -0.39 is 40.0 Å². The lowest BCUT2D eigenvalue weighted by Gasteiger charge is -2.15. The summed E-state index contributed by atoms with van der Waals surface area (Å²) in [4.78, 5) is 35.0. The number of nitrogens with zero attached hydrogens (tertiary/aromatic N) is 1. The van der Waals surface area contributed by atoms with Gasteiger partial charge in [-0.25, -0.2) is 9.18 Å². The fraction of sp³-hybridized carbons (Fsp3) is 0.222. The van der Waals surface area contributed by atoms with Crippen molar-refractivity contribution in [3.63, 3.8) is 0 Å². The van der Waals surface area contributed by atoms with E-state index in [9.17, 15) is 24.1 Å². The van der Waals surface area contributed by atoms with Crippen molar-refractivity contribution in [2.24, 2.45) is 0 Å². The van der Waals surface area contributed by atoms with E-state index in [1.807, 2.05) is 0 Å². The third-order valence-corrected chi connectivity index (χ3v) is 3.68. The number of methoxy groups -OCH3 is 2. The number of carbonyl (C=O) groups is 2. The van der Waals surface area contributed by atoms with Gasteiger partial charge < -0.3 is 19.5 Å². The maximum Gasteiger partial charge on any atom is 0.346 e. The first kappa shape index (κ1) is 20.6. The van der Waals surface area contributed by atoms with E-state index in [2.05, 4.69) is 5.32 Å². The summed E-state index contributed by atoms with van der Waals surface area (Å²) >= 11 is 0. The Balaban J connectivity index is 2.19. The van der Waals surface area contributed by atoms with Crippen molar-refractivity contribution in [1.82, 2.24) is 0 Å². The van der Waals surface area contributed by atoms with Gasteiger partial charge in [0.1, 0.15) is 11.4 Å². The van der Waals surface area contributed by atoms with Gasteiger partial charge in [-0.3, -0.25) is 14.9 Å². The van der Waals surface area contributed by atoms with Crippen molar-refractivity contribution in [2.75, 3.05) is 19.5 Å². The first-order chi connectivity index (χ1) is 13.3. The van der Waals surface area contributed by atoms with Gasteiger partial charge in [-0.05, 0) is 31.2 Å². The summed E-state index contributed by atoms with van der Waals surface area (Å²) in [5, 5.41) is 13.7. The number of carbonyl (C=O) groups excluding carboxylic acids is 2. The van der Waals surface area contributed by atoms with E-state index in [4.69, 9.17) is 14.2 Å². The Morgan fingerprint density at radius 3 is 2.21 bits per heavy atom. The number of rotatable bonds is 7. The molecule has 2 aromatic rings. The minimum Gasteiger partial charge on any atom is -0.493 e. The summed E-state index contributed by atoms with van der Waals surface area (Å²) < 4.78 is 28.0. The van der Waals surface area contributed by atoms with Gasteiger partial charge in [0.05, 0.1) is 25.2 Å². The van der Waals surface area contributed by atoms with Crippen molar-refractivity contribution in [3.8, 4) is 11.5 Å². The molecule has 0 aliphatic carbocycles. The molecule has 0 aromatic heterocycles. The number of anilines is 1. The zero-order valence-electron chi connectivity index (χ0n) is 15.2. The third kappa shape index (κ3) is 4.72. The van der Waals surface area contributed by atoms with Crippen LogP contribution in [0.15, 0.2) is 36.4 Å². The Bertz CT molecular complexity index is 900. The highest BCUT2D eigenvalue weighted by Crippen LogP contribution is 2.35. The van der Waals surface area contributed by atoms with Crippen LogP contribution >= 0.6 is 0 Å². The summed E-state index contributed by atoms with van der Waals surface area (Å²) in [6, 6.07) is 7.10. The topological polar surface area (TPSA) is 117 Å². The Labute approximate surface area is 159 Å². The van der Waals surface area contributed by atoms with E-state index in [1.54, 1.807) is 0 Å². The number of esters is 1. The van der Waals surface area contributed by atoms with Crippen LogP contribution in [0.1, 0.15) is 17.3 Å². The molecule has 1 N–H and O–H groups in total. The Morgan fingerprint density at radius 1 is 1.11 bits per heavy atom. The summed E-state index contributed by atoms with van der Waals surface area (Å²) in [6.45, 7) is 1.29. The Kier molecular flexibility index (Phi) is 6.48. The van der Waals surface area contributed by atoms with Crippen LogP contribution in [0, 0.1) is 15.9 Å². The number of ether oxygens (including phenoxy) is 3. The average Bonchev–Trinajstić information content (AvgIpc) is 2.68. The number of nitro benzene ring substituents is 1. The normalized spacial score (nSPS) is 11.3. The number of nitro groups is 1. The smallest absolute Gasteiger partial charge is 0.346 e. The predicted octanol–water partition coefficient (Wildman–Crippen LogP) is 2.94. The van der Waals surface area contributed by atoms with Gasteiger partial charge in [0.15, 0.2) is 17.6 Å². The van der Waals surface area contributed by atoms with Gasteiger partial charge in [0.2, 0.25) is 0 Å². The molecule has 0 saturated carbocycles. The van der Waals surface area contributed by atoms with Gasteiger partial charge in [0, 0.05) is 11.8 Å². The number of halogens is 1. The van der Waals surface area contributed by atoms with Crippen LogP contribution in [-0.4, -0.2) is 37.1 Å². The second kappa shape index (κ2) is 8.80. The fourth-order valence-corrected chi connectivity index (χ4v) is 2.24. The quantitative estimate of drug-likeness (QED) is 0.437. The third-order valence-electron chi connectivity index (χ3n) is 3.68. The fourth-order valence-electron chi connectivity index (χ4n) is 2.24. The highest BCUT2D eigenvalue weighted by Gasteiger charge is 2.28. The molecule has 0 heterocycles. The maximum atomic E-state index is 12.9. The Hall–Kier alpha value is -3.69. The molecule has 0 aliphatic heterocycles. The zero-order chi connectivity index (χ0) is 20.8. The second-order valence-corrected chi connectivity index (χ2v) is 5.53. The van der Waals surface area contributed by atoms with Gasteiger partial charge in [-0.1, -0.05) is 0 Å². The lowest BCUT2D eigenvalue weighted by Crippen LogP contribution is -2.30. The van der Waals surface area contributed by atoms with E-state index in [0.29, 0.717) is 5.69 Å². The molecule has 148 valence electrons. The summed E-state index contributed by atoms with van der Waals surface area (Å²) in [6.07, 6.45) is -1.27.